The highest BCUT2D eigenvalue weighted by Crippen LogP contribution is 2.27. The van der Waals surface area contributed by atoms with Crippen LogP contribution in [-0.2, 0) is 11.3 Å². The van der Waals surface area contributed by atoms with Crippen LogP contribution in [0.4, 0.5) is 20.7 Å². The van der Waals surface area contributed by atoms with E-state index in [0.29, 0.717) is 61.2 Å². The SMILES string of the molecule is CN(C)C(=O)NCC(=O)N1CCN(c2ccc(-c3cc(CNc4ccon4)on3)cc2F)CC1. The Balaban J connectivity index is 1.31. The summed E-state index contributed by atoms with van der Waals surface area (Å²) in [5.74, 6) is 0.616. The zero-order chi connectivity index (χ0) is 24.1. The maximum Gasteiger partial charge on any atom is 0.317 e. The lowest BCUT2D eigenvalue weighted by Gasteiger charge is -2.36. The van der Waals surface area contributed by atoms with Gasteiger partial charge in [-0.05, 0) is 12.1 Å². The van der Waals surface area contributed by atoms with Gasteiger partial charge in [-0.3, -0.25) is 4.79 Å². The molecule has 3 heterocycles. The first-order chi connectivity index (χ1) is 16.4. The van der Waals surface area contributed by atoms with Crippen LogP contribution in [0.2, 0.25) is 0 Å². The number of amides is 3. The number of piperazine rings is 1. The standard InChI is InChI=1S/C22H26FN7O4/c1-28(2)22(32)25-14-21(31)30-8-6-29(7-9-30)19-4-3-15(11-17(19)23)18-12-16(34-26-18)13-24-20-5-10-33-27-20/h3-5,10-12H,6-9,13-14H2,1-2H3,(H,24,27)(H,25,32). The molecule has 0 aliphatic carbocycles. The van der Waals surface area contributed by atoms with E-state index in [4.69, 9.17) is 9.05 Å². The van der Waals surface area contributed by atoms with E-state index in [2.05, 4.69) is 20.9 Å². The van der Waals surface area contributed by atoms with Crippen molar-refractivity contribution in [2.75, 3.05) is 57.0 Å². The Morgan fingerprint density at radius 1 is 1.12 bits per heavy atom. The number of benzene rings is 1. The molecule has 12 heteroatoms. The van der Waals surface area contributed by atoms with Crippen LogP contribution in [0.15, 0.2) is 45.6 Å². The second-order valence-corrected chi connectivity index (χ2v) is 8.00. The predicted molar refractivity (Wildman–Crippen MR) is 122 cm³/mol. The van der Waals surface area contributed by atoms with Gasteiger partial charge in [-0.15, -0.1) is 0 Å². The molecule has 0 saturated carbocycles. The molecular formula is C22H26FN7O4. The number of rotatable bonds is 7. The lowest BCUT2D eigenvalue weighted by molar-refractivity contribution is -0.130. The molecule has 0 radical (unpaired) electrons. The van der Waals surface area contributed by atoms with Crippen molar-refractivity contribution in [3.8, 4) is 11.3 Å². The number of carbonyl (C=O) groups is 2. The molecule has 180 valence electrons. The number of hydrogen-bond acceptors (Lipinski definition) is 8. The number of anilines is 2. The molecule has 0 bridgehead atoms. The van der Waals surface area contributed by atoms with Crippen LogP contribution in [0.25, 0.3) is 11.3 Å². The highest BCUT2D eigenvalue weighted by atomic mass is 19.1. The monoisotopic (exact) mass is 471 g/mol. The Labute approximate surface area is 195 Å². The largest absolute Gasteiger partial charge is 0.366 e. The van der Waals surface area contributed by atoms with Crippen LogP contribution in [0.5, 0.6) is 0 Å². The first-order valence-electron chi connectivity index (χ1n) is 10.8. The molecule has 3 amide bonds. The summed E-state index contributed by atoms with van der Waals surface area (Å²) >= 11 is 0. The summed E-state index contributed by atoms with van der Waals surface area (Å²) in [5, 5.41) is 13.4. The molecule has 1 fully saturated rings. The molecule has 3 aromatic rings. The van der Waals surface area contributed by atoms with Gasteiger partial charge in [-0.25, -0.2) is 9.18 Å². The van der Waals surface area contributed by atoms with E-state index in [0.717, 1.165) is 0 Å². The average Bonchev–Trinajstić information content (AvgIpc) is 3.53. The summed E-state index contributed by atoms with van der Waals surface area (Å²) in [4.78, 5) is 28.9. The minimum absolute atomic E-state index is 0.0616. The quantitative estimate of drug-likeness (QED) is 0.537. The van der Waals surface area contributed by atoms with Crippen molar-refractivity contribution in [2.45, 2.75) is 6.54 Å². The van der Waals surface area contributed by atoms with Gasteiger partial charge >= 0.3 is 6.03 Å². The van der Waals surface area contributed by atoms with Crippen LogP contribution < -0.4 is 15.5 Å². The third-order valence-corrected chi connectivity index (χ3v) is 5.45. The molecule has 1 aliphatic heterocycles. The van der Waals surface area contributed by atoms with Crippen molar-refractivity contribution in [2.24, 2.45) is 0 Å². The molecule has 1 aromatic carbocycles. The molecule has 0 unspecified atom stereocenters. The van der Waals surface area contributed by atoms with E-state index < -0.39 is 0 Å². The van der Waals surface area contributed by atoms with Gasteiger partial charge in [0.2, 0.25) is 5.91 Å². The van der Waals surface area contributed by atoms with E-state index in [9.17, 15) is 14.0 Å². The van der Waals surface area contributed by atoms with Gasteiger partial charge < -0.3 is 34.4 Å². The van der Waals surface area contributed by atoms with Gasteiger partial charge in [0.05, 0.1) is 18.8 Å². The Morgan fingerprint density at radius 3 is 2.59 bits per heavy atom. The van der Waals surface area contributed by atoms with Crippen LogP contribution in [-0.4, -0.2) is 78.9 Å². The number of hydrogen-bond donors (Lipinski definition) is 2. The molecular weight excluding hydrogens is 445 g/mol. The van der Waals surface area contributed by atoms with Crippen molar-refractivity contribution in [3.63, 3.8) is 0 Å². The van der Waals surface area contributed by atoms with Crippen molar-refractivity contribution < 1.29 is 23.0 Å². The van der Waals surface area contributed by atoms with Crippen molar-refractivity contribution in [3.05, 3.63) is 48.2 Å². The Kier molecular flexibility index (Phi) is 6.95. The van der Waals surface area contributed by atoms with Crippen LogP contribution in [0.3, 0.4) is 0 Å². The first-order valence-corrected chi connectivity index (χ1v) is 10.8. The number of nitrogens with zero attached hydrogens (tertiary/aromatic N) is 5. The van der Waals surface area contributed by atoms with E-state index in [1.54, 1.807) is 43.3 Å². The molecule has 0 spiro atoms. The summed E-state index contributed by atoms with van der Waals surface area (Å²) in [7, 11) is 3.22. The minimum Gasteiger partial charge on any atom is -0.366 e. The summed E-state index contributed by atoms with van der Waals surface area (Å²) < 4.78 is 25.0. The Hall–Kier alpha value is -4.09. The number of nitrogens with one attached hydrogen (secondary N) is 2. The smallest absolute Gasteiger partial charge is 0.317 e. The van der Waals surface area contributed by atoms with Gasteiger partial charge in [-0.1, -0.05) is 16.4 Å². The van der Waals surface area contributed by atoms with Gasteiger partial charge in [0.15, 0.2) is 11.6 Å². The highest BCUT2D eigenvalue weighted by molar-refractivity contribution is 5.84. The molecule has 2 aromatic heterocycles. The summed E-state index contributed by atoms with van der Waals surface area (Å²) in [6.45, 7) is 2.18. The van der Waals surface area contributed by atoms with Crippen molar-refractivity contribution >= 4 is 23.4 Å². The minimum atomic E-state index is -0.374. The zero-order valence-electron chi connectivity index (χ0n) is 19.0. The molecule has 2 N–H and O–H groups in total. The normalized spacial score (nSPS) is 13.6. The fourth-order valence-electron chi connectivity index (χ4n) is 3.55. The number of urea groups is 1. The number of aromatic nitrogens is 2. The fourth-order valence-corrected chi connectivity index (χ4v) is 3.55. The molecule has 4 rings (SSSR count). The Bertz CT molecular complexity index is 1120. The van der Waals surface area contributed by atoms with Gasteiger partial charge in [0, 0.05) is 58.0 Å². The zero-order valence-corrected chi connectivity index (χ0v) is 19.0. The number of carbonyl (C=O) groups excluding carboxylic acids is 2. The molecule has 11 nitrogen and oxygen atoms in total. The van der Waals surface area contributed by atoms with Gasteiger partial charge in [0.25, 0.3) is 0 Å². The van der Waals surface area contributed by atoms with Crippen LogP contribution in [0.1, 0.15) is 5.76 Å². The maximum absolute atomic E-state index is 14.9. The second kappa shape index (κ2) is 10.2. The molecule has 34 heavy (non-hydrogen) atoms. The van der Waals surface area contributed by atoms with Gasteiger partial charge in [-0.2, -0.15) is 0 Å². The molecule has 0 atom stereocenters. The van der Waals surface area contributed by atoms with Crippen molar-refractivity contribution in [1.29, 1.82) is 0 Å². The summed E-state index contributed by atoms with van der Waals surface area (Å²) in [5.41, 5.74) is 1.59. The summed E-state index contributed by atoms with van der Waals surface area (Å²) in [6, 6.07) is 8.03. The topological polar surface area (TPSA) is 120 Å². The third kappa shape index (κ3) is 5.45. The van der Waals surface area contributed by atoms with Gasteiger partial charge in [0.1, 0.15) is 17.8 Å². The van der Waals surface area contributed by atoms with E-state index in [1.165, 1.54) is 17.2 Å². The lowest BCUT2D eigenvalue weighted by Crippen LogP contribution is -2.52. The molecule has 1 aliphatic rings. The molecule has 1 saturated heterocycles. The van der Waals surface area contributed by atoms with Crippen molar-refractivity contribution in [1.82, 2.24) is 25.4 Å². The van der Waals surface area contributed by atoms with Crippen LogP contribution >= 0.6 is 0 Å². The summed E-state index contributed by atoms with van der Waals surface area (Å²) in [6.07, 6.45) is 1.46. The van der Waals surface area contributed by atoms with Crippen LogP contribution in [0, 0.1) is 5.82 Å². The average molecular weight is 471 g/mol. The van der Waals surface area contributed by atoms with E-state index >= 15 is 0 Å². The maximum atomic E-state index is 14.9. The first kappa shape index (κ1) is 23.1. The van der Waals surface area contributed by atoms with E-state index in [-0.39, 0.29) is 24.3 Å². The number of halogens is 1. The third-order valence-electron chi connectivity index (χ3n) is 5.45. The van der Waals surface area contributed by atoms with E-state index in [1.807, 2.05) is 4.90 Å². The Morgan fingerprint density at radius 2 is 1.91 bits per heavy atom. The highest BCUT2D eigenvalue weighted by Gasteiger charge is 2.23. The second-order valence-electron chi connectivity index (χ2n) is 8.00. The lowest BCUT2D eigenvalue weighted by atomic mass is 10.1. The fraction of sp³-hybridized carbons (Fsp3) is 0.364. The predicted octanol–water partition coefficient (Wildman–Crippen LogP) is 2.00.